The van der Waals surface area contributed by atoms with E-state index in [9.17, 15) is 18.0 Å². The topological polar surface area (TPSA) is 80.5 Å². The Bertz CT molecular complexity index is 1360. The van der Waals surface area contributed by atoms with Gasteiger partial charge in [0.1, 0.15) is 5.75 Å². The highest BCUT2D eigenvalue weighted by molar-refractivity contribution is 5.94. The lowest BCUT2D eigenvalue weighted by molar-refractivity contribution is -0.274. The number of nitrogens with zero attached hydrogens (tertiary/aromatic N) is 3. The van der Waals surface area contributed by atoms with Crippen molar-refractivity contribution < 1.29 is 22.7 Å². The van der Waals surface area contributed by atoms with Crippen LogP contribution in [0.25, 0.3) is 16.9 Å². The maximum absolute atomic E-state index is 12.5. The molecule has 0 atom stereocenters. The van der Waals surface area contributed by atoms with Crippen molar-refractivity contribution in [2.24, 2.45) is 5.92 Å². The van der Waals surface area contributed by atoms with Crippen LogP contribution in [0.2, 0.25) is 0 Å². The number of hydrogen-bond acceptors (Lipinski definition) is 5. The first-order chi connectivity index (χ1) is 17.8. The number of halogens is 3. The molecule has 1 fully saturated rings. The molecule has 1 aliphatic carbocycles. The van der Waals surface area contributed by atoms with Crippen molar-refractivity contribution in [1.29, 1.82) is 0 Å². The molecule has 1 aliphatic rings. The minimum atomic E-state index is -4.75. The Balaban J connectivity index is 1.26. The molecule has 2 aromatic carbocycles. The summed E-state index contributed by atoms with van der Waals surface area (Å²) < 4.78 is 42.9. The van der Waals surface area contributed by atoms with Crippen LogP contribution < -0.4 is 15.4 Å². The van der Waals surface area contributed by atoms with Gasteiger partial charge in [0, 0.05) is 23.4 Å². The number of rotatable bonds is 7. The van der Waals surface area contributed by atoms with Gasteiger partial charge >= 0.3 is 6.36 Å². The number of fused-ring (bicyclic) bond motifs is 1. The summed E-state index contributed by atoms with van der Waals surface area (Å²) in [7, 11) is 0. The van der Waals surface area contributed by atoms with Crippen molar-refractivity contribution in [3.63, 3.8) is 0 Å². The van der Waals surface area contributed by atoms with E-state index < -0.39 is 6.36 Å². The molecule has 1 amide bonds. The summed E-state index contributed by atoms with van der Waals surface area (Å²) in [5, 5.41) is 10.7. The predicted molar refractivity (Wildman–Crippen MR) is 134 cm³/mol. The molecule has 2 N–H and O–H groups in total. The number of aromatic nitrogens is 3. The first-order valence-electron chi connectivity index (χ1n) is 12.2. The average Bonchev–Trinajstić information content (AvgIpc) is 3.30. The third kappa shape index (κ3) is 6.19. The number of alkyl halides is 3. The highest BCUT2D eigenvalue weighted by Gasteiger charge is 2.31. The lowest BCUT2D eigenvalue weighted by Crippen LogP contribution is -2.30. The van der Waals surface area contributed by atoms with E-state index in [0.29, 0.717) is 40.9 Å². The van der Waals surface area contributed by atoms with Gasteiger partial charge in [-0.3, -0.25) is 4.79 Å². The number of carbonyl (C=O) groups is 1. The van der Waals surface area contributed by atoms with Gasteiger partial charge in [-0.1, -0.05) is 25.3 Å². The number of hydrogen-bond donors (Lipinski definition) is 2. The molecule has 37 heavy (non-hydrogen) atoms. The molecule has 2 heterocycles. The van der Waals surface area contributed by atoms with E-state index in [1.165, 1.54) is 56.4 Å². The van der Waals surface area contributed by atoms with Crippen molar-refractivity contribution in [3.8, 4) is 17.0 Å². The molecule has 0 radical (unpaired) electrons. The van der Waals surface area contributed by atoms with Gasteiger partial charge in [0.25, 0.3) is 5.91 Å². The minimum Gasteiger partial charge on any atom is -0.406 e. The second-order valence-corrected chi connectivity index (χ2v) is 9.11. The van der Waals surface area contributed by atoms with Crippen LogP contribution in [0.3, 0.4) is 0 Å². The molecule has 0 saturated heterocycles. The van der Waals surface area contributed by atoms with E-state index in [-0.39, 0.29) is 11.7 Å². The number of carbonyl (C=O) groups excluding carboxylic acids is 1. The number of amides is 1. The van der Waals surface area contributed by atoms with Crippen LogP contribution in [-0.2, 0) is 0 Å². The Hall–Kier alpha value is -4.08. The monoisotopic (exact) mass is 509 g/mol. The summed E-state index contributed by atoms with van der Waals surface area (Å²) in [5.74, 6) is 0.532. The van der Waals surface area contributed by atoms with E-state index in [0.717, 1.165) is 5.69 Å². The maximum atomic E-state index is 12.5. The third-order valence-electron chi connectivity index (χ3n) is 6.42. The lowest BCUT2D eigenvalue weighted by Gasteiger charge is -2.21. The van der Waals surface area contributed by atoms with Gasteiger partial charge in [-0.15, -0.1) is 18.3 Å². The molecule has 0 spiro atoms. The zero-order chi connectivity index (χ0) is 25.8. The first kappa shape index (κ1) is 24.6. The molecule has 0 aliphatic heterocycles. The Morgan fingerprint density at radius 2 is 1.70 bits per heavy atom. The molecule has 4 aromatic rings. The van der Waals surface area contributed by atoms with Gasteiger partial charge in [0.05, 0.1) is 5.69 Å². The smallest absolute Gasteiger partial charge is 0.406 e. The molecule has 1 saturated carbocycles. The van der Waals surface area contributed by atoms with Crippen molar-refractivity contribution in [2.45, 2.75) is 38.5 Å². The van der Waals surface area contributed by atoms with Crippen LogP contribution in [-0.4, -0.2) is 33.4 Å². The van der Waals surface area contributed by atoms with Crippen molar-refractivity contribution in [3.05, 3.63) is 72.3 Å². The molecule has 192 valence electrons. The van der Waals surface area contributed by atoms with Gasteiger partial charge in [0.2, 0.25) is 5.95 Å². The molecule has 0 bridgehead atoms. The Kier molecular flexibility index (Phi) is 6.98. The normalized spacial score (nSPS) is 14.5. The number of pyridine rings is 1. The van der Waals surface area contributed by atoms with Crippen molar-refractivity contribution >= 4 is 23.2 Å². The van der Waals surface area contributed by atoms with Gasteiger partial charge in [-0.2, -0.15) is 4.98 Å². The van der Waals surface area contributed by atoms with E-state index >= 15 is 0 Å². The van der Waals surface area contributed by atoms with Crippen LogP contribution in [0.5, 0.6) is 5.75 Å². The van der Waals surface area contributed by atoms with Gasteiger partial charge in [-0.25, -0.2) is 4.52 Å². The predicted octanol–water partition coefficient (Wildman–Crippen LogP) is 6.35. The van der Waals surface area contributed by atoms with Crippen molar-refractivity contribution in [2.75, 3.05) is 11.9 Å². The van der Waals surface area contributed by atoms with Crippen LogP contribution in [0.15, 0.2) is 66.7 Å². The zero-order valence-electron chi connectivity index (χ0n) is 20.0. The fourth-order valence-electron chi connectivity index (χ4n) is 4.57. The number of ether oxygens (including phenoxy) is 1. The summed E-state index contributed by atoms with van der Waals surface area (Å²) in [4.78, 5) is 17.0. The van der Waals surface area contributed by atoms with Gasteiger partial charge in [-0.05, 0) is 79.4 Å². The molecule has 0 unspecified atom stereocenters. The minimum absolute atomic E-state index is 0.0840. The second-order valence-electron chi connectivity index (χ2n) is 9.11. The SMILES string of the molecule is O=C(NCC1CCCCC1)c1ccc(Nc2nc3cccc(-c4ccc(OC(F)(F)F)cc4)n3n2)cc1. The molecule has 2 aromatic heterocycles. The zero-order valence-corrected chi connectivity index (χ0v) is 20.0. The maximum Gasteiger partial charge on any atom is 0.573 e. The largest absolute Gasteiger partial charge is 0.573 e. The molecule has 7 nitrogen and oxygen atoms in total. The quantitative estimate of drug-likeness (QED) is 0.304. The highest BCUT2D eigenvalue weighted by atomic mass is 19.4. The fourth-order valence-corrected chi connectivity index (χ4v) is 4.57. The molecule has 5 rings (SSSR count). The Morgan fingerprint density at radius 3 is 2.41 bits per heavy atom. The second kappa shape index (κ2) is 10.5. The molecular weight excluding hydrogens is 483 g/mol. The number of nitrogens with one attached hydrogen (secondary N) is 2. The van der Waals surface area contributed by atoms with Crippen LogP contribution >= 0.6 is 0 Å². The third-order valence-corrected chi connectivity index (χ3v) is 6.42. The average molecular weight is 510 g/mol. The standard InChI is InChI=1S/C27H26F3N5O2/c28-27(29,30)37-22-15-11-19(12-16-22)23-7-4-8-24-33-26(34-35(23)24)32-21-13-9-20(10-14-21)25(36)31-17-18-5-2-1-3-6-18/h4,7-16,18H,1-3,5-6,17H2,(H,31,36)(H,32,34). The number of anilines is 2. The highest BCUT2D eigenvalue weighted by Crippen LogP contribution is 2.27. The summed E-state index contributed by atoms with van der Waals surface area (Å²) in [6, 6.07) is 18.0. The fraction of sp³-hybridized carbons (Fsp3) is 0.296. The van der Waals surface area contributed by atoms with E-state index in [1.54, 1.807) is 47.0 Å². The van der Waals surface area contributed by atoms with Gasteiger partial charge < -0.3 is 15.4 Å². The summed E-state index contributed by atoms with van der Waals surface area (Å²) in [6.45, 7) is 0.713. The van der Waals surface area contributed by atoms with Crippen LogP contribution in [0, 0.1) is 5.92 Å². The molecular formula is C27H26F3N5O2. The van der Waals surface area contributed by atoms with Gasteiger partial charge in [0.15, 0.2) is 5.65 Å². The van der Waals surface area contributed by atoms with Crippen molar-refractivity contribution in [1.82, 2.24) is 19.9 Å². The lowest BCUT2D eigenvalue weighted by atomic mass is 9.89. The van der Waals surface area contributed by atoms with Crippen LogP contribution in [0.1, 0.15) is 42.5 Å². The van der Waals surface area contributed by atoms with E-state index in [2.05, 4.69) is 25.5 Å². The first-order valence-corrected chi connectivity index (χ1v) is 12.2. The summed E-state index contributed by atoms with van der Waals surface area (Å²) >= 11 is 0. The van der Waals surface area contributed by atoms with E-state index in [4.69, 9.17) is 0 Å². The van der Waals surface area contributed by atoms with E-state index in [1.807, 2.05) is 0 Å². The molecule has 10 heteroatoms. The summed E-state index contributed by atoms with van der Waals surface area (Å²) in [6.07, 6.45) is 1.37. The van der Waals surface area contributed by atoms with Crippen LogP contribution in [0.4, 0.5) is 24.8 Å². The Labute approximate surface area is 211 Å². The summed E-state index contributed by atoms with van der Waals surface area (Å²) in [5.41, 5.74) is 3.18. The Morgan fingerprint density at radius 1 is 0.973 bits per heavy atom. The number of benzene rings is 2.